The first-order chi connectivity index (χ1) is 20.5. The molecule has 44 heavy (non-hydrogen) atoms. The van der Waals surface area contributed by atoms with Crippen LogP contribution in [0.5, 0.6) is 0 Å². The number of benzene rings is 1. The van der Waals surface area contributed by atoms with Crippen molar-refractivity contribution in [2.45, 2.75) is 116 Å². The molecule has 1 aliphatic rings. The molecule has 0 saturated carbocycles. The fraction of sp³-hybridized carbons (Fsp3) is 0.667. The average Bonchev–Trinajstić information content (AvgIpc) is 3.05. The van der Waals surface area contributed by atoms with Gasteiger partial charge in [0.15, 0.2) is 14.4 Å². The SMILES string of the molecule is CO[C@@H](C(=O)N[C@H]1CC[C@H](OC(C)=O)CN(C)C1=O)[C@@H](O)[C@@H](OCc1ccccc1)[C@@H](/C=C/C(C)C)O[Si](C)(C)C(C)(C)C. The van der Waals surface area contributed by atoms with Crippen LogP contribution in [0.2, 0.25) is 18.1 Å². The summed E-state index contributed by atoms with van der Waals surface area (Å²) in [6.07, 6.45) is -0.356. The Morgan fingerprint density at radius 2 is 1.77 bits per heavy atom. The molecule has 1 aromatic carbocycles. The maximum atomic E-state index is 13.7. The van der Waals surface area contributed by atoms with E-state index in [1.54, 1.807) is 7.05 Å². The third-order valence-corrected chi connectivity index (χ3v) is 12.7. The minimum atomic E-state index is -2.37. The number of amides is 2. The van der Waals surface area contributed by atoms with Crippen molar-refractivity contribution < 1.29 is 38.1 Å². The first-order valence-electron chi connectivity index (χ1n) is 15.4. The van der Waals surface area contributed by atoms with Gasteiger partial charge in [0.2, 0.25) is 5.91 Å². The fourth-order valence-corrected chi connectivity index (χ4v) is 5.99. The number of methoxy groups -OCH3 is 1. The predicted molar refractivity (Wildman–Crippen MR) is 172 cm³/mol. The van der Waals surface area contributed by atoms with Crippen LogP contribution in [0.15, 0.2) is 42.5 Å². The number of ether oxygens (including phenoxy) is 3. The van der Waals surface area contributed by atoms with Crippen LogP contribution in [0.3, 0.4) is 0 Å². The summed E-state index contributed by atoms with van der Waals surface area (Å²) >= 11 is 0. The Labute approximate surface area is 264 Å². The first-order valence-corrected chi connectivity index (χ1v) is 18.3. The van der Waals surface area contributed by atoms with Crippen molar-refractivity contribution in [1.29, 1.82) is 0 Å². The Kier molecular flexibility index (Phi) is 14.2. The molecule has 1 saturated heterocycles. The van der Waals surface area contributed by atoms with Crippen LogP contribution < -0.4 is 5.32 Å². The second-order valence-electron chi connectivity index (χ2n) is 13.5. The van der Waals surface area contributed by atoms with Crippen LogP contribution in [0.1, 0.15) is 59.9 Å². The van der Waals surface area contributed by atoms with Crippen LogP contribution in [-0.2, 0) is 39.6 Å². The molecule has 0 unspecified atom stereocenters. The van der Waals surface area contributed by atoms with E-state index in [1.165, 1.54) is 18.9 Å². The van der Waals surface area contributed by atoms with E-state index in [0.29, 0.717) is 6.42 Å². The van der Waals surface area contributed by atoms with Gasteiger partial charge in [-0.15, -0.1) is 0 Å². The number of carbonyl (C=O) groups excluding carboxylic acids is 3. The van der Waals surface area contributed by atoms with E-state index in [9.17, 15) is 19.5 Å². The van der Waals surface area contributed by atoms with Crippen LogP contribution in [-0.4, -0.2) is 93.4 Å². The lowest BCUT2D eigenvalue weighted by Crippen LogP contribution is -2.57. The lowest BCUT2D eigenvalue weighted by molar-refractivity contribution is -0.158. The van der Waals surface area contributed by atoms with E-state index in [4.69, 9.17) is 18.6 Å². The molecule has 0 aliphatic carbocycles. The van der Waals surface area contributed by atoms with E-state index in [1.807, 2.05) is 56.3 Å². The topological polar surface area (TPSA) is 124 Å². The van der Waals surface area contributed by atoms with Gasteiger partial charge in [0.1, 0.15) is 24.4 Å². The van der Waals surface area contributed by atoms with Gasteiger partial charge in [-0.2, -0.15) is 0 Å². The average molecular weight is 635 g/mol. The van der Waals surface area contributed by atoms with Gasteiger partial charge in [0.05, 0.1) is 19.3 Å². The molecule has 0 aromatic heterocycles. The molecular weight excluding hydrogens is 580 g/mol. The number of rotatable bonds is 14. The maximum absolute atomic E-state index is 13.7. The largest absolute Gasteiger partial charge is 0.461 e. The molecule has 2 rings (SSSR count). The van der Waals surface area contributed by atoms with Gasteiger partial charge in [-0.1, -0.05) is 77.1 Å². The van der Waals surface area contributed by atoms with Crippen molar-refractivity contribution in [2.24, 2.45) is 5.92 Å². The van der Waals surface area contributed by atoms with Crippen molar-refractivity contribution in [3.63, 3.8) is 0 Å². The number of aliphatic hydroxyl groups is 1. The van der Waals surface area contributed by atoms with Crippen LogP contribution >= 0.6 is 0 Å². The zero-order chi connectivity index (χ0) is 33.2. The van der Waals surface area contributed by atoms with Gasteiger partial charge in [0.25, 0.3) is 5.91 Å². The molecule has 0 bridgehead atoms. The standard InChI is InChI=1S/C33H54N2O8Si/c1-22(2)16-19-27(43-44(9,10)33(4,5)6)29(41-21-24-14-12-11-13-15-24)28(37)30(40-8)31(38)34-26-18-17-25(42-23(3)36)20-35(7)32(26)39/h11-16,19,22,25-30,37H,17-18,20-21H2,1-10H3,(H,34,38)/b19-16+/t25-,26-,27+,28-,29-,30+/m0/s1. The molecule has 1 aromatic rings. The van der Waals surface area contributed by atoms with Gasteiger partial charge >= 0.3 is 5.97 Å². The molecule has 0 radical (unpaired) electrons. The normalized spacial score (nSPS) is 21.1. The highest BCUT2D eigenvalue weighted by molar-refractivity contribution is 6.74. The molecule has 248 valence electrons. The van der Waals surface area contributed by atoms with E-state index < -0.39 is 56.8 Å². The van der Waals surface area contributed by atoms with E-state index in [0.717, 1.165) is 5.56 Å². The monoisotopic (exact) mass is 634 g/mol. The number of aliphatic hydroxyl groups excluding tert-OH is 1. The quantitative estimate of drug-likeness (QED) is 0.177. The smallest absolute Gasteiger partial charge is 0.302 e. The molecule has 10 nitrogen and oxygen atoms in total. The number of nitrogens with one attached hydrogen (secondary N) is 1. The third-order valence-electron chi connectivity index (χ3n) is 8.27. The summed E-state index contributed by atoms with van der Waals surface area (Å²) in [6.45, 7) is 16.5. The lowest BCUT2D eigenvalue weighted by atomic mass is 9.99. The Morgan fingerprint density at radius 3 is 2.32 bits per heavy atom. The predicted octanol–water partition coefficient (Wildman–Crippen LogP) is 4.22. The highest BCUT2D eigenvalue weighted by atomic mass is 28.4. The molecule has 11 heteroatoms. The number of likely N-dealkylation sites (tertiary alicyclic amines) is 1. The van der Waals surface area contributed by atoms with Crippen molar-refractivity contribution in [3.05, 3.63) is 48.0 Å². The Morgan fingerprint density at radius 1 is 1.14 bits per heavy atom. The summed E-state index contributed by atoms with van der Waals surface area (Å²) in [5.74, 6) is -1.18. The van der Waals surface area contributed by atoms with Crippen LogP contribution in [0.25, 0.3) is 0 Å². The zero-order valence-electron chi connectivity index (χ0n) is 28.2. The highest BCUT2D eigenvalue weighted by Gasteiger charge is 2.45. The minimum absolute atomic E-state index is 0.125. The van der Waals surface area contributed by atoms with E-state index >= 15 is 0 Å². The van der Waals surface area contributed by atoms with Gasteiger partial charge in [0, 0.05) is 21.1 Å². The molecule has 1 heterocycles. The Hall–Kier alpha value is -2.57. The number of esters is 1. The first kappa shape index (κ1) is 37.6. The molecule has 6 atom stereocenters. The van der Waals surface area contributed by atoms with Gasteiger partial charge < -0.3 is 34.0 Å². The molecule has 2 amide bonds. The number of hydrogen-bond acceptors (Lipinski definition) is 8. The van der Waals surface area contributed by atoms with E-state index in [-0.39, 0.29) is 36.4 Å². The second-order valence-corrected chi connectivity index (χ2v) is 18.2. The summed E-state index contributed by atoms with van der Waals surface area (Å²) in [6, 6.07) is 8.71. The van der Waals surface area contributed by atoms with Gasteiger partial charge in [-0.3, -0.25) is 14.4 Å². The number of carbonyl (C=O) groups is 3. The second kappa shape index (κ2) is 16.7. The Bertz CT molecular complexity index is 1100. The number of hydrogen-bond donors (Lipinski definition) is 2. The van der Waals surface area contributed by atoms with Crippen molar-refractivity contribution >= 4 is 26.1 Å². The number of nitrogens with zero attached hydrogens (tertiary/aromatic N) is 1. The molecule has 1 fully saturated rings. The zero-order valence-corrected chi connectivity index (χ0v) is 29.2. The summed E-state index contributed by atoms with van der Waals surface area (Å²) in [7, 11) is 0.566. The highest BCUT2D eigenvalue weighted by Crippen LogP contribution is 2.38. The van der Waals surface area contributed by atoms with Crippen molar-refractivity contribution in [1.82, 2.24) is 10.2 Å². The molecule has 2 N–H and O–H groups in total. The van der Waals surface area contributed by atoms with Crippen molar-refractivity contribution in [2.75, 3.05) is 20.7 Å². The van der Waals surface area contributed by atoms with Gasteiger partial charge in [-0.05, 0) is 42.5 Å². The van der Waals surface area contributed by atoms with E-state index in [2.05, 4.69) is 39.2 Å². The summed E-state index contributed by atoms with van der Waals surface area (Å²) in [5, 5.41) is 14.5. The van der Waals surface area contributed by atoms with Crippen molar-refractivity contribution in [3.8, 4) is 0 Å². The molecule has 0 spiro atoms. The van der Waals surface area contributed by atoms with Gasteiger partial charge in [-0.25, -0.2) is 0 Å². The molecule has 1 aliphatic heterocycles. The van der Waals surface area contributed by atoms with Crippen LogP contribution in [0.4, 0.5) is 0 Å². The summed E-state index contributed by atoms with van der Waals surface area (Å²) < 4.78 is 24.1. The maximum Gasteiger partial charge on any atom is 0.302 e. The summed E-state index contributed by atoms with van der Waals surface area (Å²) in [4.78, 5) is 39.7. The minimum Gasteiger partial charge on any atom is -0.461 e. The van der Waals surface area contributed by atoms with Crippen LogP contribution in [0, 0.1) is 5.92 Å². The number of likely N-dealkylation sites (N-methyl/N-ethyl adjacent to an activating group) is 1. The molecular formula is C33H54N2O8Si. The summed E-state index contributed by atoms with van der Waals surface area (Å²) in [5.41, 5.74) is 0.899. The number of allylic oxidation sites excluding steroid dienone is 1. The third kappa shape index (κ3) is 11.1. The lowest BCUT2D eigenvalue weighted by Gasteiger charge is -2.42. The fourth-order valence-electron chi connectivity index (χ4n) is 4.74. The Balaban J connectivity index is 2.40.